The zero-order valence-corrected chi connectivity index (χ0v) is 17.2. The first-order valence-corrected chi connectivity index (χ1v) is 10.1. The van der Waals surface area contributed by atoms with E-state index in [2.05, 4.69) is 11.8 Å². The van der Waals surface area contributed by atoms with Crippen molar-refractivity contribution in [3.63, 3.8) is 0 Å². The van der Waals surface area contributed by atoms with Crippen LogP contribution in [-0.2, 0) is 11.2 Å². The van der Waals surface area contributed by atoms with E-state index in [0.29, 0.717) is 23.4 Å². The second-order valence-corrected chi connectivity index (χ2v) is 7.88. The lowest BCUT2D eigenvalue weighted by Crippen LogP contribution is -2.38. The third-order valence-corrected chi connectivity index (χ3v) is 5.25. The summed E-state index contributed by atoms with van der Waals surface area (Å²) in [6, 6.07) is 14.9. The van der Waals surface area contributed by atoms with Crippen LogP contribution in [0.15, 0.2) is 48.5 Å². The van der Waals surface area contributed by atoms with Gasteiger partial charge in [-0.15, -0.1) is 0 Å². The summed E-state index contributed by atoms with van der Waals surface area (Å²) in [6.07, 6.45) is 0.403. The van der Waals surface area contributed by atoms with Crippen LogP contribution in [0.5, 0.6) is 11.5 Å². The largest absolute Gasteiger partial charge is 0.491 e. The van der Waals surface area contributed by atoms with E-state index in [1.807, 2.05) is 36.4 Å². The number of aliphatic hydroxyl groups excluding tert-OH is 1. The van der Waals surface area contributed by atoms with E-state index in [0.717, 1.165) is 24.3 Å². The number of likely N-dealkylation sites (tertiary alicyclic amines) is 1. The number of nitrogens with zero attached hydrogens (tertiary/aromatic N) is 1. The fraction of sp³-hybridized carbons (Fsp3) is 0.409. The first kappa shape index (κ1) is 21.4. The number of β-amino-alcohol motifs (C(OH)–C–C–N with tert-alkyl or cyclic N) is 1. The fourth-order valence-electron chi connectivity index (χ4n) is 3.58. The van der Waals surface area contributed by atoms with Gasteiger partial charge in [-0.25, -0.2) is 0 Å². The van der Waals surface area contributed by atoms with E-state index in [1.165, 1.54) is 0 Å². The Bertz CT molecular complexity index is 815. The Morgan fingerprint density at radius 1 is 1.28 bits per heavy atom. The third-order valence-electron chi connectivity index (χ3n) is 5.00. The molecule has 0 saturated carbocycles. The van der Waals surface area contributed by atoms with E-state index in [4.69, 9.17) is 26.8 Å². The van der Waals surface area contributed by atoms with Gasteiger partial charge in [0, 0.05) is 36.1 Å². The number of halogens is 1. The summed E-state index contributed by atoms with van der Waals surface area (Å²) in [5.41, 5.74) is 6.00. The highest BCUT2D eigenvalue weighted by atomic mass is 35.5. The summed E-state index contributed by atoms with van der Waals surface area (Å²) in [6.45, 7) is 3.49. The van der Waals surface area contributed by atoms with Gasteiger partial charge in [-0.1, -0.05) is 29.8 Å². The van der Waals surface area contributed by atoms with Crippen molar-refractivity contribution in [1.82, 2.24) is 4.90 Å². The molecule has 0 aromatic heterocycles. The lowest BCUT2D eigenvalue weighted by Gasteiger charge is -2.24. The number of carbonyl (C=O) groups is 1. The first-order chi connectivity index (χ1) is 13.9. The maximum atomic E-state index is 11.2. The van der Waals surface area contributed by atoms with Crippen molar-refractivity contribution in [3.05, 3.63) is 59.1 Å². The zero-order chi connectivity index (χ0) is 20.8. The number of ether oxygens (including phenoxy) is 2. The van der Waals surface area contributed by atoms with Crippen molar-refractivity contribution in [2.24, 2.45) is 5.73 Å². The third kappa shape index (κ3) is 6.35. The summed E-state index contributed by atoms with van der Waals surface area (Å²) >= 11 is 5.91. The Labute approximate surface area is 176 Å². The van der Waals surface area contributed by atoms with E-state index in [-0.39, 0.29) is 19.1 Å². The second-order valence-electron chi connectivity index (χ2n) is 7.45. The second kappa shape index (κ2) is 9.96. The highest BCUT2D eigenvalue weighted by Gasteiger charge is 2.31. The number of benzene rings is 2. The van der Waals surface area contributed by atoms with Gasteiger partial charge < -0.3 is 20.3 Å². The summed E-state index contributed by atoms with van der Waals surface area (Å²) < 4.78 is 11.8. The summed E-state index contributed by atoms with van der Waals surface area (Å²) in [7, 11) is 0. The molecule has 0 unspecified atom stereocenters. The van der Waals surface area contributed by atoms with Gasteiger partial charge in [0.1, 0.15) is 30.3 Å². The van der Waals surface area contributed by atoms with Gasteiger partial charge in [0.2, 0.25) is 5.91 Å². The number of amides is 1. The molecule has 156 valence electrons. The van der Waals surface area contributed by atoms with E-state index in [1.54, 1.807) is 12.1 Å². The van der Waals surface area contributed by atoms with Gasteiger partial charge in [-0.05, 0) is 37.3 Å². The predicted octanol–water partition coefficient (Wildman–Crippen LogP) is 2.65. The smallest absolute Gasteiger partial charge is 0.221 e. The van der Waals surface area contributed by atoms with Crippen LogP contribution in [0, 0.1) is 0 Å². The van der Waals surface area contributed by atoms with Gasteiger partial charge in [0.05, 0.1) is 6.42 Å². The van der Waals surface area contributed by atoms with Crippen LogP contribution in [0.4, 0.5) is 0 Å². The van der Waals surface area contributed by atoms with Crippen molar-refractivity contribution in [2.75, 3.05) is 19.7 Å². The molecule has 0 radical (unpaired) electrons. The number of primary amides is 1. The monoisotopic (exact) mass is 418 g/mol. The lowest BCUT2D eigenvalue weighted by molar-refractivity contribution is -0.117. The Morgan fingerprint density at radius 3 is 2.72 bits per heavy atom. The minimum Gasteiger partial charge on any atom is -0.491 e. The Kier molecular flexibility index (Phi) is 7.36. The molecule has 6 nitrogen and oxygen atoms in total. The SMILES string of the molecule is C[C@@H]1C[C@H](Oc2ccc(Cl)cc2)CN1C[C@H](O)COc1ccccc1CC(N)=O. The van der Waals surface area contributed by atoms with Crippen molar-refractivity contribution < 1.29 is 19.4 Å². The quantitative estimate of drug-likeness (QED) is 0.654. The molecule has 0 bridgehead atoms. The van der Waals surface area contributed by atoms with Crippen LogP contribution < -0.4 is 15.2 Å². The average Bonchev–Trinajstić information content (AvgIpc) is 3.01. The van der Waals surface area contributed by atoms with Gasteiger partial charge in [-0.2, -0.15) is 0 Å². The fourth-order valence-corrected chi connectivity index (χ4v) is 3.70. The molecule has 0 spiro atoms. The van der Waals surface area contributed by atoms with Crippen molar-refractivity contribution >= 4 is 17.5 Å². The molecule has 1 aliphatic heterocycles. The Balaban J connectivity index is 1.48. The average molecular weight is 419 g/mol. The van der Waals surface area contributed by atoms with E-state index in [9.17, 15) is 9.90 Å². The number of carbonyl (C=O) groups excluding carboxylic acids is 1. The minimum atomic E-state index is -0.659. The predicted molar refractivity (Wildman–Crippen MR) is 112 cm³/mol. The van der Waals surface area contributed by atoms with Crippen LogP contribution in [-0.4, -0.2) is 53.9 Å². The Morgan fingerprint density at radius 2 is 2.00 bits per heavy atom. The number of rotatable bonds is 9. The molecule has 29 heavy (non-hydrogen) atoms. The maximum absolute atomic E-state index is 11.2. The molecule has 0 aliphatic carbocycles. The molecule has 1 fully saturated rings. The highest BCUT2D eigenvalue weighted by molar-refractivity contribution is 6.30. The standard InChI is InChI=1S/C22H27ClN2O4/c1-15-10-20(29-19-8-6-17(23)7-9-19)13-25(15)12-18(26)14-28-21-5-3-2-4-16(21)11-22(24)27/h2-9,15,18,20,26H,10-14H2,1H3,(H2,24,27)/t15-,18+,20+/m1/s1. The number of hydrogen-bond donors (Lipinski definition) is 2. The molecular formula is C22H27ClN2O4. The first-order valence-electron chi connectivity index (χ1n) is 9.74. The van der Waals surface area contributed by atoms with Crippen LogP contribution >= 0.6 is 11.6 Å². The van der Waals surface area contributed by atoms with E-state index >= 15 is 0 Å². The summed E-state index contributed by atoms with van der Waals surface area (Å²) in [5, 5.41) is 11.1. The highest BCUT2D eigenvalue weighted by Crippen LogP contribution is 2.24. The molecule has 3 N–H and O–H groups in total. The molecule has 2 aromatic carbocycles. The number of para-hydroxylation sites is 1. The molecule has 1 saturated heterocycles. The Hall–Kier alpha value is -2.28. The molecule has 7 heteroatoms. The number of nitrogens with two attached hydrogens (primary N) is 1. The number of hydrogen-bond acceptors (Lipinski definition) is 5. The van der Waals surface area contributed by atoms with Crippen molar-refractivity contribution in [1.29, 1.82) is 0 Å². The van der Waals surface area contributed by atoms with Gasteiger partial charge in [0.25, 0.3) is 0 Å². The van der Waals surface area contributed by atoms with Gasteiger partial charge in [0.15, 0.2) is 0 Å². The van der Waals surface area contributed by atoms with Gasteiger partial charge in [-0.3, -0.25) is 9.69 Å². The molecule has 1 heterocycles. The molecule has 1 amide bonds. The van der Waals surface area contributed by atoms with Crippen LogP contribution in [0.1, 0.15) is 18.9 Å². The normalized spacial score (nSPS) is 20.4. The van der Waals surface area contributed by atoms with Gasteiger partial charge >= 0.3 is 0 Å². The molecular weight excluding hydrogens is 392 g/mol. The van der Waals surface area contributed by atoms with Crippen LogP contribution in [0.2, 0.25) is 5.02 Å². The minimum absolute atomic E-state index is 0.0654. The molecule has 3 atom stereocenters. The lowest BCUT2D eigenvalue weighted by atomic mass is 10.1. The molecule has 3 rings (SSSR count). The van der Waals surface area contributed by atoms with Crippen LogP contribution in [0.25, 0.3) is 0 Å². The van der Waals surface area contributed by atoms with E-state index < -0.39 is 12.0 Å². The maximum Gasteiger partial charge on any atom is 0.221 e. The number of aliphatic hydroxyl groups is 1. The van der Waals surface area contributed by atoms with Crippen LogP contribution in [0.3, 0.4) is 0 Å². The summed E-state index contributed by atoms with van der Waals surface area (Å²) in [5.74, 6) is 0.950. The van der Waals surface area contributed by atoms with Crippen molar-refractivity contribution in [3.8, 4) is 11.5 Å². The van der Waals surface area contributed by atoms with Crippen molar-refractivity contribution in [2.45, 2.75) is 38.0 Å². The summed E-state index contributed by atoms with van der Waals surface area (Å²) in [4.78, 5) is 13.4. The zero-order valence-electron chi connectivity index (χ0n) is 16.5. The molecule has 1 aliphatic rings. The molecule has 2 aromatic rings. The topological polar surface area (TPSA) is 85.0 Å².